The van der Waals surface area contributed by atoms with Gasteiger partial charge >= 0.3 is 5.97 Å². The molecule has 0 bridgehead atoms. The highest BCUT2D eigenvalue weighted by Gasteiger charge is 2.12. The van der Waals surface area contributed by atoms with Crippen LogP contribution in [0.4, 0.5) is 4.39 Å². The summed E-state index contributed by atoms with van der Waals surface area (Å²) in [4.78, 5) is 11.2. The molecule has 0 aliphatic heterocycles. The average Bonchev–Trinajstić information content (AvgIpc) is 2.58. The summed E-state index contributed by atoms with van der Waals surface area (Å²) in [5, 5.41) is 0.516. The Morgan fingerprint density at radius 2 is 2.20 bits per heavy atom. The number of benzene rings is 1. The highest BCUT2D eigenvalue weighted by molar-refractivity contribution is 9.10. The van der Waals surface area contributed by atoms with Crippen molar-refractivity contribution in [3.63, 3.8) is 0 Å². The number of ether oxygens (including phenoxy) is 1. The SMILES string of the molecule is COC(=O)c1cc(Br)c2oc(F)cc2c1. The van der Waals surface area contributed by atoms with Gasteiger partial charge in [0.05, 0.1) is 17.1 Å². The lowest BCUT2D eigenvalue weighted by atomic mass is 10.2. The van der Waals surface area contributed by atoms with Crippen molar-refractivity contribution in [2.75, 3.05) is 7.11 Å². The van der Waals surface area contributed by atoms with Crippen LogP contribution in [0, 0.1) is 6.01 Å². The summed E-state index contributed by atoms with van der Waals surface area (Å²) >= 11 is 3.19. The van der Waals surface area contributed by atoms with E-state index in [0.29, 0.717) is 21.0 Å². The van der Waals surface area contributed by atoms with Gasteiger partial charge in [-0.1, -0.05) is 0 Å². The van der Waals surface area contributed by atoms with Crippen molar-refractivity contribution < 1.29 is 18.3 Å². The maximum atomic E-state index is 12.8. The molecule has 1 aromatic heterocycles. The maximum Gasteiger partial charge on any atom is 0.337 e. The van der Waals surface area contributed by atoms with Crippen LogP contribution in [-0.2, 0) is 4.74 Å². The zero-order valence-electron chi connectivity index (χ0n) is 7.71. The van der Waals surface area contributed by atoms with Gasteiger partial charge in [-0.15, -0.1) is 0 Å². The molecule has 0 saturated heterocycles. The molecule has 15 heavy (non-hydrogen) atoms. The van der Waals surface area contributed by atoms with Crippen molar-refractivity contribution in [1.29, 1.82) is 0 Å². The monoisotopic (exact) mass is 272 g/mol. The molecule has 3 nitrogen and oxygen atoms in total. The third-order valence-corrected chi connectivity index (χ3v) is 2.55. The number of rotatable bonds is 1. The molecule has 0 aliphatic rings. The fourth-order valence-corrected chi connectivity index (χ4v) is 1.87. The smallest absolute Gasteiger partial charge is 0.337 e. The van der Waals surface area contributed by atoms with Gasteiger partial charge in [-0.2, -0.15) is 4.39 Å². The van der Waals surface area contributed by atoms with E-state index < -0.39 is 12.0 Å². The third kappa shape index (κ3) is 1.74. The van der Waals surface area contributed by atoms with Crippen LogP contribution in [0.15, 0.2) is 27.1 Å². The standard InChI is InChI=1S/C10H6BrFO3/c1-14-10(13)6-2-5-4-8(12)15-9(5)7(11)3-6/h2-4H,1H3. The summed E-state index contributed by atoms with van der Waals surface area (Å²) in [6, 6.07) is 3.56. The van der Waals surface area contributed by atoms with Crippen LogP contribution in [-0.4, -0.2) is 13.1 Å². The molecule has 2 aromatic rings. The Labute approximate surface area is 92.9 Å². The van der Waals surface area contributed by atoms with E-state index in [4.69, 9.17) is 4.42 Å². The minimum atomic E-state index is -0.687. The van der Waals surface area contributed by atoms with E-state index in [1.807, 2.05) is 0 Å². The second-order valence-electron chi connectivity index (χ2n) is 2.92. The van der Waals surface area contributed by atoms with E-state index >= 15 is 0 Å². The molecule has 0 fully saturated rings. The Bertz CT molecular complexity index is 533. The number of fused-ring (bicyclic) bond motifs is 1. The number of hydrogen-bond donors (Lipinski definition) is 0. The molecule has 0 radical (unpaired) electrons. The first kappa shape index (κ1) is 10.2. The molecule has 2 rings (SSSR count). The molecular formula is C10H6BrFO3. The van der Waals surface area contributed by atoms with E-state index in [0.717, 1.165) is 0 Å². The van der Waals surface area contributed by atoms with Gasteiger partial charge in [0, 0.05) is 11.5 Å². The van der Waals surface area contributed by atoms with E-state index in [2.05, 4.69) is 20.7 Å². The van der Waals surface area contributed by atoms with Crippen LogP contribution in [0.25, 0.3) is 11.0 Å². The molecule has 5 heteroatoms. The van der Waals surface area contributed by atoms with E-state index in [1.165, 1.54) is 25.3 Å². The van der Waals surface area contributed by atoms with E-state index in [-0.39, 0.29) is 0 Å². The lowest BCUT2D eigenvalue weighted by Crippen LogP contribution is -2.00. The zero-order valence-corrected chi connectivity index (χ0v) is 9.30. The van der Waals surface area contributed by atoms with Gasteiger partial charge < -0.3 is 9.15 Å². The predicted molar refractivity (Wildman–Crippen MR) is 55.2 cm³/mol. The molecule has 0 spiro atoms. The Kier molecular flexibility index (Phi) is 2.48. The summed E-state index contributed by atoms with van der Waals surface area (Å²) in [6.45, 7) is 0. The van der Waals surface area contributed by atoms with Gasteiger partial charge in [0.1, 0.15) is 0 Å². The average molecular weight is 273 g/mol. The fourth-order valence-electron chi connectivity index (χ4n) is 1.31. The van der Waals surface area contributed by atoms with E-state index in [9.17, 15) is 9.18 Å². The van der Waals surface area contributed by atoms with E-state index in [1.54, 1.807) is 0 Å². The lowest BCUT2D eigenvalue weighted by molar-refractivity contribution is 0.0601. The first-order chi connectivity index (χ1) is 7.11. The van der Waals surface area contributed by atoms with Gasteiger partial charge in [0.15, 0.2) is 5.58 Å². The van der Waals surface area contributed by atoms with Crippen LogP contribution in [0.5, 0.6) is 0 Å². The number of furan rings is 1. The molecule has 1 heterocycles. The third-order valence-electron chi connectivity index (χ3n) is 1.96. The first-order valence-electron chi connectivity index (χ1n) is 4.08. The molecule has 0 aliphatic carbocycles. The number of hydrogen-bond acceptors (Lipinski definition) is 3. The van der Waals surface area contributed by atoms with Gasteiger partial charge in [-0.05, 0) is 28.1 Å². The summed E-state index contributed by atoms with van der Waals surface area (Å²) in [5.74, 6) is -0.473. The Balaban J connectivity index is 2.66. The molecule has 0 unspecified atom stereocenters. The minimum Gasteiger partial charge on any atom is -0.465 e. The summed E-state index contributed by atoms with van der Waals surface area (Å²) in [6.07, 6.45) is 0. The van der Waals surface area contributed by atoms with Crippen molar-refractivity contribution in [1.82, 2.24) is 0 Å². The highest BCUT2D eigenvalue weighted by Crippen LogP contribution is 2.28. The summed E-state index contributed by atoms with van der Waals surface area (Å²) in [5.41, 5.74) is 0.720. The van der Waals surface area contributed by atoms with Crippen molar-refractivity contribution in [2.24, 2.45) is 0 Å². The molecule has 0 amide bonds. The van der Waals surface area contributed by atoms with Crippen LogP contribution in [0.1, 0.15) is 10.4 Å². The van der Waals surface area contributed by atoms with Gasteiger partial charge in [0.2, 0.25) is 0 Å². The zero-order chi connectivity index (χ0) is 11.0. The quantitative estimate of drug-likeness (QED) is 0.749. The van der Waals surface area contributed by atoms with Gasteiger partial charge in [-0.3, -0.25) is 0 Å². The summed E-state index contributed by atoms with van der Waals surface area (Å²) < 4.78 is 22.7. The predicted octanol–water partition coefficient (Wildman–Crippen LogP) is 3.12. The maximum absolute atomic E-state index is 12.8. The van der Waals surface area contributed by atoms with Crippen molar-refractivity contribution in [3.05, 3.63) is 34.2 Å². The number of esters is 1. The van der Waals surface area contributed by atoms with Crippen molar-refractivity contribution in [2.45, 2.75) is 0 Å². The highest BCUT2D eigenvalue weighted by atomic mass is 79.9. The van der Waals surface area contributed by atoms with Crippen LogP contribution >= 0.6 is 15.9 Å². The molecule has 0 saturated carbocycles. The Morgan fingerprint density at radius 3 is 2.87 bits per heavy atom. The number of methoxy groups -OCH3 is 1. The van der Waals surface area contributed by atoms with Gasteiger partial charge in [-0.25, -0.2) is 4.79 Å². The number of carbonyl (C=O) groups excluding carboxylic acids is 1. The number of carbonyl (C=O) groups is 1. The second kappa shape index (κ2) is 3.66. The lowest BCUT2D eigenvalue weighted by Gasteiger charge is -1.99. The Hall–Kier alpha value is -1.36. The first-order valence-corrected chi connectivity index (χ1v) is 4.88. The molecule has 78 valence electrons. The van der Waals surface area contributed by atoms with Gasteiger partial charge in [0.25, 0.3) is 6.01 Å². The topological polar surface area (TPSA) is 39.4 Å². The second-order valence-corrected chi connectivity index (χ2v) is 3.77. The minimum absolute atomic E-state index is 0.345. The van der Waals surface area contributed by atoms with Crippen molar-refractivity contribution in [3.8, 4) is 0 Å². The normalized spacial score (nSPS) is 10.6. The van der Waals surface area contributed by atoms with Crippen LogP contribution in [0.2, 0.25) is 0 Å². The van der Waals surface area contributed by atoms with Crippen molar-refractivity contribution >= 4 is 32.9 Å². The molecule has 0 atom stereocenters. The fraction of sp³-hybridized carbons (Fsp3) is 0.100. The molecule has 1 aromatic carbocycles. The largest absolute Gasteiger partial charge is 0.465 e. The summed E-state index contributed by atoms with van der Waals surface area (Å²) in [7, 11) is 1.29. The van der Waals surface area contributed by atoms with Crippen LogP contribution in [0.3, 0.4) is 0 Å². The van der Waals surface area contributed by atoms with Crippen LogP contribution < -0.4 is 0 Å². The molecule has 0 N–H and O–H groups in total. The Morgan fingerprint density at radius 1 is 1.47 bits per heavy atom. The molecular weight excluding hydrogens is 267 g/mol. The number of halogens is 2.